The van der Waals surface area contributed by atoms with Gasteiger partial charge < -0.3 is 10.6 Å². The first-order valence-corrected chi connectivity index (χ1v) is 8.69. The maximum Gasteiger partial charge on any atom is 0.230 e. The van der Waals surface area contributed by atoms with Gasteiger partial charge in [-0.05, 0) is 25.7 Å². The molecule has 0 aromatic carbocycles. The molecule has 1 saturated carbocycles. The van der Waals surface area contributed by atoms with Gasteiger partial charge in [0.15, 0.2) is 0 Å². The maximum atomic E-state index is 12.9. The molecule has 118 valence electrons. The van der Waals surface area contributed by atoms with Gasteiger partial charge in [0, 0.05) is 19.6 Å². The fourth-order valence-corrected chi connectivity index (χ4v) is 3.31. The summed E-state index contributed by atoms with van der Waals surface area (Å²) in [6.45, 7) is 6.81. The molecule has 2 N–H and O–H groups in total. The van der Waals surface area contributed by atoms with Crippen molar-refractivity contribution in [2.24, 2.45) is 11.1 Å². The summed E-state index contributed by atoms with van der Waals surface area (Å²) in [5.41, 5.74) is 5.75. The van der Waals surface area contributed by atoms with Crippen molar-refractivity contribution < 1.29 is 4.79 Å². The van der Waals surface area contributed by atoms with Gasteiger partial charge in [-0.2, -0.15) is 0 Å². The summed E-state index contributed by atoms with van der Waals surface area (Å²) >= 11 is 0. The summed E-state index contributed by atoms with van der Waals surface area (Å²) < 4.78 is 0. The van der Waals surface area contributed by atoms with Crippen molar-refractivity contribution in [3.05, 3.63) is 0 Å². The summed E-state index contributed by atoms with van der Waals surface area (Å²) in [7, 11) is 0. The molecule has 0 unspecified atom stereocenters. The Hall–Kier alpha value is -0.570. The van der Waals surface area contributed by atoms with Crippen LogP contribution in [-0.2, 0) is 4.79 Å². The molecule has 0 aliphatic heterocycles. The molecule has 0 aromatic heterocycles. The fourth-order valence-electron chi connectivity index (χ4n) is 3.31. The van der Waals surface area contributed by atoms with Crippen LogP contribution in [0.25, 0.3) is 0 Å². The zero-order valence-electron chi connectivity index (χ0n) is 13.6. The molecule has 0 heterocycles. The second-order valence-electron chi connectivity index (χ2n) is 6.40. The van der Waals surface area contributed by atoms with Crippen LogP contribution in [0.4, 0.5) is 0 Å². The second-order valence-corrected chi connectivity index (χ2v) is 6.40. The molecular weight excluding hydrogens is 248 g/mol. The normalized spacial score (nSPS) is 17.4. The molecule has 1 aliphatic rings. The molecule has 1 rings (SSSR count). The Labute approximate surface area is 125 Å². The lowest BCUT2D eigenvalue weighted by atomic mass is 9.84. The molecule has 3 nitrogen and oxygen atoms in total. The smallest absolute Gasteiger partial charge is 0.230 e. The van der Waals surface area contributed by atoms with E-state index in [0.29, 0.717) is 12.5 Å². The number of nitrogens with zero attached hydrogens (tertiary/aromatic N) is 1. The Morgan fingerprint density at radius 2 is 1.50 bits per heavy atom. The third-order valence-electron chi connectivity index (χ3n) is 4.76. The zero-order chi connectivity index (χ0) is 14.8. The van der Waals surface area contributed by atoms with Crippen LogP contribution in [-0.4, -0.2) is 30.4 Å². The van der Waals surface area contributed by atoms with Gasteiger partial charge in [0.25, 0.3) is 0 Å². The van der Waals surface area contributed by atoms with Crippen molar-refractivity contribution >= 4 is 5.91 Å². The molecule has 0 bridgehead atoms. The third kappa shape index (κ3) is 4.76. The van der Waals surface area contributed by atoms with Crippen molar-refractivity contribution in [2.75, 3.05) is 19.6 Å². The minimum absolute atomic E-state index is 0.224. The molecular formula is C17H34N2O. The van der Waals surface area contributed by atoms with Crippen LogP contribution in [0.3, 0.4) is 0 Å². The fraction of sp³-hybridized carbons (Fsp3) is 0.941. The third-order valence-corrected chi connectivity index (χ3v) is 4.76. The number of carbonyl (C=O) groups is 1. The van der Waals surface area contributed by atoms with Crippen molar-refractivity contribution in [1.82, 2.24) is 4.90 Å². The van der Waals surface area contributed by atoms with Crippen molar-refractivity contribution in [2.45, 2.75) is 78.1 Å². The molecule has 1 amide bonds. The number of nitrogens with two attached hydrogens (primary N) is 1. The highest BCUT2D eigenvalue weighted by Crippen LogP contribution is 2.39. The maximum absolute atomic E-state index is 12.9. The van der Waals surface area contributed by atoms with Gasteiger partial charge in [-0.25, -0.2) is 0 Å². The summed E-state index contributed by atoms with van der Waals surface area (Å²) in [6, 6.07) is 0. The molecule has 3 heteroatoms. The van der Waals surface area contributed by atoms with E-state index < -0.39 is 0 Å². The molecule has 0 atom stereocenters. The summed E-state index contributed by atoms with van der Waals surface area (Å²) in [4.78, 5) is 15.1. The Morgan fingerprint density at radius 3 is 1.90 bits per heavy atom. The topological polar surface area (TPSA) is 46.3 Å². The molecule has 0 radical (unpaired) electrons. The van der Waals surface area contributed by atoms with Crippen molar-refractivity contribution in [1.29, 1.82) is 0 Å². The van der Waals surface area contributed by atoms with Crippen LogP contribution in [0.5, 0.6) is 0 Å². The number of amides is 1. The largest absolute Gasteiger partial charge is 0.342 e. The van der Waals surface area contributed by atoms with Gasteiger partial charge in [0.05, 0.1) is 5.41 Å². The standard InChI is InChI=1S/C17H34N2O/c1-3-5-9-13-19(14-10-6-4-2)16(20)17(15-18)11-7-8-12-17/h3-15,18H2,1-2H3. The predicted molar refractivity (Wildman–Crippen MR) is 85.6 cm³/mol. The Morgan fingerprint density at radius 1 is 1.00 bits per heavy atom. The van der Waals surface area contributed by atoms with E-state index in [1.165, 1.54) is 38.5 Å². The summed E-state index contributed by atoms with van der Waals surface area (Å²) in [5, 5.41) is 0. The quantitative estimate of drug-likeness (QED) is 0.621. The van der Waals surface area contributed by atoms with Gasteiger partial charge in [0.2, 0.25) is 5.91 Å². The first-order chi connectivity index (χ1) is 9.70. The summed E-state index contributed by atoms with van der Waals surface area (Å²) in [5.74, 6) is 0.352. The SMILES string of the molecule is CCCCCN(CCCCC)C(=O)C1(CN)CCCC1. The van der Waals surface area contributed by atoms with Gasteiger partial charge in [0.1, 0.15) is 0 Å². The number of carbonyl (C=O) groups excluding carboxylic acids is 1. The van der Waals surface area contributed by atoms with E-state index in [1.807, 2.05) is 0 Å². The van der Waals surface area contributed by atoms with Crippen LogP contribution in [0.15, 0.2) is 0 Å². The number of hydrogen-bond acceptors (Lipinski definition) is 2. The average Bonchev–Trinajstić information content (AvgIpc) is 2.95. The first kappa shape index (κ1) is 17.5. The minimum atomic E-state index is -0.224. The van der Waals surface area contributed by atoms with Gasteiger partial charge in [-0.3, -0.25) is 4.79 Å². The number of unbranched alkanes of at least 4 members (excludes halogenated alkanes) is 4. The monoisotopic (exact) mass is 282 g/mol. The van der Waals surface area contributed by atoms with E-state index >= 15 is 0 Å². The Bertz CT molecular complexity index is 262. The lowest BCUT2D eigenvalue weighted by Crippen LogP contribution is -2.47. The molecule has 1 fully saturated rings. The molecule has 0 aromatic rings. The molecule has 0 spiro atoms. The highest BCUT2D eigenvalue weighted by atomic mass is 16.2. The lowest BCUT2D eigenvalue weighted by molar-refractivity contribution is -0.141. The highest BCUT2D eigenvalue weighted by Gasteiger charge is 2.41. The van der Waals surface area contributed by atoms with Crippen molar-refractivity contribution in [3.8, 4) is 0 Å². The van der Waals surface area contributed by atoms with E-state index in [4.69, 9.17) is 5.73 Å². The van der Waals surface area contributed by atoms with E-state index in [-0.39, 0.29) is 5.41 Å². The van der Waals surface area contributed by atoms with Crippen LogP contribution >= 0.6 is 0 Å². The van der Waals surface area contributed by atoms with Crippen LogP contribution < -0.4 is 5.73 Å². The van der Waals surface area contributed by atoms with E-state index in [9.17, 15) is 4.79 Å². The molecule has 1 aliphatic carbocycles. The molecule has 20 heavy (non-hydrogen) atoms. The van der Waals surface area contributed by atoms with Crippen LogP contribution in [0, 0.1) is 5.41 Å². The molecule has 0 saturated heterocycles. The van der Waals surface area contributed by atoms with Gasteiger partial charge >= 0.3 is 0 Å². The first-order valence-electron chi connectivity index (χ1n) is 8.69. The van der Waals surface area contributed by atoms with E-state index in [1.54, 1.807) is 0 Å². The second kappa shape index (κ2) is 9.38. The zero-order valence-corrected chi connectivity index (χ0v) is 13.6. The predicted octanol–water partition coefficient (Wildman–Crippen LogP) is 3.71. The summed E-state index contributed by atoms with van der Waals surface area (Å²) in [6.07, 6.45) is 11.4. The number of rotatable bonds is 10. The number of hydrogen-bond donors (Lipinski definition) is 1. The van der Waals surface area contributed by atoms with Gasteiger partial charge in [-0.15, -0.1) is 0 Å². The Balaban J connectivity index is 2.61. The van der Waals surface area contributed by atoms with Crippen LogP contribution in [0.2, 0.25) is 0 Å². The average molecular weight is 282 g/mol. The minimum Gasteiger partial charge on any atom is -0.342 e. The van der Waals surface area contributed by atoms with E-state index in [2.05, 4.69) is 18.7 Å². The highest BCUT2D eigenvalue weighted by molar-refractivity contribution is 5.83. The van der Waals surface area contributed by atoms with Crippen molar-refractivity contribution in [3.63, 3.8) is 0 Å². The van der Waals surface area contributed by atoms with E-state index in [0.717, 1.165) is 38.8 Å². The van der Waals surface area contributed by atoms with Gasteiger partial charge in [-0.1, -0.05) is 52.4 Å². The lowest BCUT2D eigenvalue weighted by Gasteiger charge is -2.33. The van der Waals surface area contributed by atoms with Crippen LogP contribution in [0.1, 0.15) is 78.1 Å². The Kier molecular flexibility index (Phi) is 8.20.